The van der Waals surface area contributed by atoms with Crippen LogP contribution in [-0.2, 0) is 0 Å². The summed E-state index contributed by atoms with van der Waals surface area (Å²) in [6, 6.07) is 8.34. The number of rotatable bonds is 2. The van der Waals surface area contributed by atoms with E-state index in [0.717, 1.165) is 5.69 Å². The van der Waals surface area contributed by atoms with Crippen LogP contribution in [0.25, 0.3) is 5.69 Å². The third-order valence-corrected chi connectivity index (χ3v) is 2.22. The van der Waals surface area contributed by atoms with Gasteiger partial charge in [-0.15, -0.1) is 5.10 Å². The predicted molar refractivity (Wildman–Crippen MR) is 55.4 cm³/mol. The van der Waals surface area contributed by atoms with Crippen LogP contribution >= 0.6 is 0 Å². The van der Waals surface area contributed by atoms with E-state index in [1.165, 1.54) is 5.56 Å². The van der Waals surface area contributed by atoms with E-state index in [4.69, 9.17) is 0 Å². The van der Waals surface area contributed by atoms with Gasteiger partial charge in [-0.25, -0.2) is 4.68 Å². The topological polar surface area (TPSA) is 30.7 Å². The van der Waals surface area contributed by atoms with E-state index in [2.05, 4.69) is 36.3 Å². The summed E-state index contributed by atoms with van der Waals surface area (Å²) in [5, 5.41) is 7.74. The van der Waals surface area contributed by atoms with Crippen LogP contribution in [0.2, 0.25) is 0 Å². The van der Waals surface area contributed by atoms with Gasteiger partial charge in [0.2, 0.25) is 0 Å². The van der Waals surface area contributed by atoms with Gasteiger partial charge in [-0.05, 0) is 23.6 Å². The van der Waals surface area contributed by atoms with Crippen LogP contribution in [0.5, 0.6) is 0 Å². The van der Waals surface area contributed by atoms with E-state index in [1.807, 2.05) is 18.3 Å². The van der Waals surface area contributed by atoms with Gasteiger partial charge in [0.1, 0.15) is 0 Å². The Labute approximate surface area is 83.4 Å². The van der Waals surface area contributed by atoms with Crippen molar-refractivity contribution in [2.75, 3.05) is 0 Å². The van der Waals surface area contributed by atoms with Crippen molar-refractivity contribution in [2.24, 2.45) is 0 Å². The summed E-state index contributed by atoms with van der Waals surface area (Å²) in [5.41, 5.74) is 2.38. The summed E-state index contributed by atoms with van der Waals surface area (Å²) in [5.74, 6) is 0.540. The van der Waals surface area contributed by atoms with Crippen molar-refractivity contribution >= 4 is 0 Å². The lowest BCUT2D eigenvalue weighted by Gasteiger charge is -2.07. The van der Waals surface area contributed by atoms with Gasteiger partial charge < -0.3 is 0 Å². The van der Waals surface area contributed by atoms with Gasteiger partial charge in [-0.2, -0.15) is 0 Å². The van der Waals surface area contributed by atoms with Crippen molar-refractivity contribution in [3.63, 3.8) is 0 Å². The zero-order chi connectivity index (χ0) is 9.97. The lowest BCUT2D eigenvalue weighted by molar-refractivity contribution is 0.795. The molecule has 2 aromatic rings. The lowest BCUT2D eigenvalue weighted by Crippen LogP contribution is -1.96. The van der Waals surface area contributed by atoms with Crippen molar-refractivity contribution in [3.8, 4) is 5.69 Å². The van der Waals surface area contributed by atoms with E-state index in [1.54, 1.807) is 10.9 Å². The molecular weight excluding hydrogens is 174 g/mol. The minimum Gasteiger partial charge on any atom is -0.221 e. The molecule has 0 radical (unpaired) electrons. The molecule has 0 bridgehead atoms. The highest BCUT2D eigenvalue weighted by Gasteiger charge is 2.01. The second-order valence-corrected chi connectivity index (χ2v) is 3.60. The normalized spacial score (nSPS) is 10.8. The summed E-state index contributed by atoms with van der Waals surface area (Å²) in [7, 11) is 0. The predicted octanol–water partition coefficient (Wildman–Crippen LogP) is 2.39. The fraction of sp³-hybridized carbons (Fsp3) is 0.273. The first kappa shape index (κ1) is 8.94. The molecule has 0 N–H and O–H groups in total. The number of aromatic nitrogens is 3. The van der Waals surface area contributed by atoms with Gasteiger partial charge in [0.25, 0.3) is 0 Å². The first-order valence-electron chi connectivity index (χ1n) is 4.74. The van der Waals surface area contributed by atoms with Crippen molar-refractivity contribution in [1.29, 1.82) is 0 Å². The standard InChI is InChI=1S/C11H13N3/c1-9(2)10-4-3-5-11(8-10)14-7-6-12-13-14/h3-9H,1-2H3. The summed E-state index contributed by atoms with van der Waals surface area (Å²) in [6.07, 6.45) is 3.53. The Bertz CT molecular complexity index is 404. The second-order valence-electron chi connectivity index (χ2n) is 3.60. The van der Waals surface area contributed by atoms with Gasteiger partial charge in [-0.1, -0.05) is 31.2 Å². The zero-order valence-corrected chi connectivity index (χ0v) is 8.38. The molecule has 0 saturated carbocycles. The number of hydrogen-bond donors (Lipinski definition) is 0. The number of benzene rings is 1. The number of hydrogen-bond acceptors (Lipinski definition) is 2. The Morgan fingerprint density at radius 2 is 2.14 bits per heavy atom. The molecule has 3 nitrogen and oxygen atoms in total. The summed E-state index contributed by atoms with van der Waals surface area (Å²) in [4.78, 5) is 0. The Morgan fingerprint density at radius 1 is 1.29 bits per heavy atom. The average molecular weight is 187 g/mol. The van der Waals surface area contributed by atoms with Gasteiger partial charge in [-0.3, -0.25) is 0 Å². The quantitative estimate of drug-likeness (QED) is 0.722. The van der Waals surface area contributed by atoms with Crippen molar-refractivity contribution in [1.82, 2.24) is 15.0 Å². The molecule has 0 aliphatic carbocycles. The molecule has 1 aromatic carbocycles. The van der Waals surface area contributed by atoms with Gasteiger partial charge in [0.15, 0.2) is 0 Å². The van der Waals surface area contributed by atoms with Crippen LogP contribution in [0.1, 0.15) is 25.3 Å². The Balaban J connectivity index is 2.41. The van der Waals surface area contributed by atoms with Gasteiger partial charge in [0.05, 0.1) is 18.1 Å². The fourth-order valence-corrected chi connectivity index (χ4v) is 1.37. The summed E-state index contributed by atoms with van der Waals surface area (Å²) < 4.78 is 1.77. The van der Waals surface area contributed by atoms with Crippen LogP contribution in [0.15, 0.2) is 36.7 Å². The molecule has 1 heterocycles. The van der Waals surface area contributed by atoms with Crippen molar-refractivity contribution < 1.29 is 0 Å². The molecule has 0 aliphatic rings. The number of nitrogens with zero attached hydrogens (tertiary/aromatic N) is 3. The van der Waals surface area contributed by atoms with E-state index < -0.39 is 0 Å². The SMILES string of the molecule is CC(C)c1cccc(-n2ccnn2)c1. The van der Waals surface area contributed by atoms with Crippen LogP contribution in [0.3, 0.4) is 0 Å². The largest absolute Gasteiger partial charge is 0.221 e. The highest BCUT2D eigenvalue weighted by molar-refractivity contribution is 5.35. The van der Waals surface area contributed by atoms with Crippen LogP contribution in [0, 0.1) is 0 Å². The molecule has 14 heavy (non-hydrogen) atoms. The van der Waals surface area contributed by atoms with Crippen LogP contribution in [0.4, 0.5) is 0 Å². The maximum Gasteiger partial charge on any atom is 0.0697 e. The molecule has 0 unspecified atom stereocenters. The third kappa shape index (κ3) is 1.66. The minimum absolute atomic E-state index is 0.540. The highest BCUT2D eigenvalue weighted by Crippen LogP contribution is 2.17. The molecular formula is C11H13N3. The van der Waals surface area contributed by atoms with Gasteiger partial charge >= 0.3 is 0 Å². The highest BCUT2D eigenvalue weighted by atomic mass is 15.4. The molecule has 0 spiro atoms. The van der Waals surface area contributed by atoms with Crippen molar-refractivity contribution in [3.05, 3.63) is 42.2 Å². The van der Waals surface area contributed by atoms with E-state index >= 15 is 0 Å². The monoisotopic (exact) mass is 187 g/mol. The minimum atomic E-state index is 0.540. The summed E-state index contributed by atoms with van der Waals surface area (Å²) >= 11 is 0. The molecule has 2 rings (SSSR count). The molecule has 72 valence electrons. The van der Waals surface area contributed by atoms with Crippen LogP contribution < -0.4 is 0 Å². The molecule has 0 fully saturated rings. The van der Waals surface area contributed by atoms with Crippen molar-refractivity contribution in [2.45, 2.75) is 19.8 Å². The first-order valence-corrected chi connectivity index (χ1v) is 4.74. The van der Waals surface area contributed by atoms with Crippen LogP contribution in [-0.4, -0.2) is 15.0 Å². The Hall–Kier alpha value is -1.64. The zero-order valence-electron chi connectivity index (χ0n) is 8.38. The van der Waals surface area contributed by atoms with E-state index in [9.17, 15) is 0 Å². The molecule has 0 amide bonds. The van der Waals surface area contributed by atoms with E-state index in [-0.39, 0.29) is 0 Å². The average Bonchev–Trinajstić information content (AvgIpc) is 2.71. The Kier molecular flexibility index (Phi) is 2.31. The fourth-order valence-electron chi connectivity index (χ4n) is 1.37. The Morgan fingerprint density at radius 3 is 2.79 bits per heavy atom. The lowest BCUT2D eigenvalue weighted by atomic mass is 10.0. The first-order chi connectivity index (χ1) is 6.77. The molecule has 0 atom stereocenters. The molecule has 3 heteroatoms. The smallest absolute Gasteiger partial charge is 0.0697 e. The molecule has 0 saturated heterocycles. The van der Waals surface area contributed by atoms with E-state index in [0.29, 0.717) is 5.92 Å². The molecule has 0 aliphatic heterocycles. The van der Waals surface area contributed by atoms with Gasteiger partial charge in [0, 0.05) is 0 Å². The third-order valence-electron chi connectivity index (χ3n) is 2.22. The second kappa shape index (κ2) is 3.62. The maximum absolute atomic E-state index is 3.95. The molecule has 1 aromatic heterocycles. The maximum atomic E-state index is 3.95. The summed E-state index contributed by atoms with van der Waals surface area (Å²) in [6.45, 7) is 4.36.